The summed E-state index contributed by atoms with van der Waals surface area (Å²) in [6.07, 6.45) is 46.4. The summed E-state index contributed by atoms with van der Waals surface area (Å²) in [5.41, 5.74) is 16.9. The molecule has 0 aromatic carbocycles. The number of pyridine rings is 6. The van der Waals surface area contributed by atoms with E-state index >= 15 is 0 Å². The van der Waals surface area contributed by atoms with Gasteiger partial charge in [0.15, 0.2) is 69.8 Å². The molecule has 0 aliphatic heterocycles. The smallest absolute Gasteiger partial charge is 0.223 e. The Balaban J connectivity index is 0.000000184. The molecule has 18 aromatic heterocycles. The summed E-state index contributed by atoms with van der Waals surface area (Å²) in [4.78, 5) is 28.6. The number of hydrogen-bond acceptors (Lipinski definition) is 18. The van der Waals surface area contributed by atoms with Gasteiger partial charge in [-0.3, -0.25) is 0 Å². The maximum atomic E-state index is 4.88. The minimum Gasteiger partial charge on any atom is -0.223 e. The van der Waals surface area contributed by atoms with E-state index < -0.39 is 0 Å². The van der Waals surface area contributed by atoms with Gasteiger partial charge in [-0.25, -0.2) is 86.1 Å². The van der Waals surface area contributed by atoms with Gasteiger partial charge in [-0.1, -0.05) is 249 Å². The molecule has 787 valence electrons. The molecule has 0 saturated heterocycles. The molecule has 0 spiro atoms. The molecule has 0 aliphatic carbocycles. The largest absolute Gasteiger partial charge is 3.00 e. The minimum absolute atomic E-state index is 0. The van der Waals surface area contributed by atoms with Crippen molar-refractivity contribution in [2.45, 2.75) is 328 Å². The Labute approximate surface area is 912 Å². The van der Waals surface area contributed by atoms with Crippen LogP contribution in [0.4, 0.5) is 0 Å². The van der Waals surface area contributed by atoms with E-state index in [9.17, 15) is 0 Å². The first kappa shape index (κ1) is 118. The van der Waals surface area contributed by atoms with E-state index in [1.165, 1.54) is 66.8 Å². The summed E-state index contributed by atoms with van der Waals surface area (Å²) >= 11 is 0. The first-order valence-electron chi connectivity index (χ1n) is 50.2. The van der Waals surface area contributed by atoms with Gasteiger partial charge in [-0.05, 0) is 254 Å². The summed E-state index contributed by atoms with van der Waals surface area (Å²) in [6, 6.07) is 32.4. The quantitative estimate of drug-likeness (QED) is 0.110. The van der Waals surface area contributed by atoms with Crippen LogP contribution in [0.1, 0.15) is 327 Å². The zero-order chi connectivity index (χ0) is 107. The number of aryl methyl sites for hydroxylation is 2. The van der Waals surface area contributed by atoms with Gasteiger partial charge in [0, 0.05) is 99.1 Å². The van der Waals surface area contributed by atoms with E-state index in [0.717, 1.165) is 80.9 Å². The van der Waals surface area contributed by atoms with Crippen molar-refractivity contribution in [3.05, 3.63) is 324 Å². The summed E-state index contributed by atoms with van der Waals surface area (Å²) in [6.45, 7) is 83.2. The molecule has 1 radical (unpaired) electrons. The fourth-order valence-corrected chi connectivity index (χ4v) is 14.7. The Morgan fingerprint density at radius 3 is 0.362 bits per heavy atom. The summed E-state index contributed by atoms with van der Waals surface area (Å²) in [5.74, 6) is 9.66. The topological polar surface area (TPSA) is 291 Å². The molecule has 0 N–H and O–H groups in total. The second kappa shape index (κ2) is 45.4. The van der Waals surface area contributed by atoms with Crippen molar-refractivity contribution in [1.29, 1.82) is 0 Å². The molecule has 0 saturated carbocycles. The van der Waals surface area contributed by atoms with Crippen LogP contribution in [0.15, 0.2) is 246 Å². The Bertz CT molecular complexity index is 6230. The summed E-state index contributed by atoms with van der Waals surface area (Å²) < 4.78 is 21.9. The van der Waals surface area contributed by atoms with Crippen LogP contribution in [0.25, 0.3) is 69.8 Å². The van der Waals surface area contributed by atoms with Crippen LogP contribution in [-0.4, -0.2) is 147 Å². The van der Waals surface area contributed by atoms with Crippen molar-refractivity contribution < 1.29 is 50.3 Å². The number of hydrogen-bond donors (Lipinski definition) is 0. The van der Waals surface area contributed by atoms with Gasteiger partial charge in [0.1, 0.15) is 0 Å². The van der Waals surface area contributed by atoms with Crippen molar-refractivity contribution in [1.82, 2.24) is 147 Å². The number of nitrogens with zero attached hydrogens (tertiary/aromatic N) is 30. The summed E-state index contributed by atoms with van der Waals surface area (Å²) in [7, 11) is 0. The molecule has 0 unspecified atom stereocenters. The Morgan fingerprint density at radius 2 is 0.268 bits per heavy atom. The molecular formula is C116H154Co3N30+8. The molecule has 0 amide bonds. The van der Waals surface area contributed by atoms with E-state index in [1.54, 1.807) is 43.5 Å². The fraction of sp³-hybridized carbons (Fsp3) is 0.431. The van der Waals surface area contributed by atoms with Gasteiger partial charge in [-0.15, -0.1) is 0 Å². The fourth-order valence-electron chi connectivity index (χ4n) is 14.7. The maximum absolute atomic E-state index is 4.88. The zero-order valence-corrected chi connectivity index (χ0v) is 97.6. The van der Waals surface area contributed by atoms with Crippen LogP contribution in [0.3, 0.4) is 0 Å². The van der Waals surface area contributed by atoms with Crippen LogP contribution in [0.5, 0.6) is 0 Å². The van der Waals surface area contributed by atoms with Gasteiger partial charge < -0.3 is 0 Å². The van der Waals surface area contributed by atoms with Gasteiger partial charge in [-0.2, -0.15) is 61.2 Å². The molecular weight excluding hydrogens is 1990 g/mol. The molecule has 0 fully saturated rings. The predicted molar refractivity (Wildman–Crippen MR) is 585 cm³/mol. The standard InChI is InChI=1S/4C23H33N5.2C12H11N5.3Co/c4*1-21(2,3)16-10-19(27-14-17(12-24-27)22(4,5)6)26-20(11-16)28-15-18(13-25-28)23(7,8)9;2*1-10-8-11(16-6-2-4-13-16)15-12(9-10)17-7-3-5-14-17;;;/h4*10-15H,1-9H3;2*2-9H,1H3;;;/q;;;;;;+2;2*+3. The predicted octanol–water partition coefficient (Wildman–Crippen LogP) is 24.9. The second-order valence-corrected chi connectivity index (χ2v) is 50.2. The van der Waals surface area contributed by atoms with Crippen LogP contribution in [0, 0.1) is 13.8 Å². The van der Waals surface area contributed by atoms with Crippen LogP contribution in [-0.2, 0) is 115 Å². The molecule has 149 heavy (non-hydrogen) atoms. The molecule has 0 aliphatic rings. The Morgan fingerprint density at radius 1 is 0.154 bits per heavy atom. The molecule has 0 bridgehead atoms. The first-order valence-corrected chi connectivity index (χ1v) is 50.2. The van der Waals surface area contributed by atoms with Gasteiger partial charge in [0.05, 0.1) is 49.6 Å². The third-order valence-corrected chi connectivity index (χ3v) is 25.0. The summed E-state index contributed by atoms with van der Waals surface area (Å²) in [5, 5.41) is 53.3. The van der Waals surface area contributed by atoms with E-state index in [2.05, 4.69) is 419 Å². The first-order chi connectivity index (χ1) is 67.6. The van der Waals surface area contributed by atoms with E-state index in [4.69, 9.17) is 19.9 Å². The molecule has 18 rings (SSSR count). The maximum Gasteiger partial charge on any atom is 3.00 e. The Hall–Kier alpha value is -13.1. The van der Waals surface area contributed by atoms with Crippen molar-refractivity contribution in [3.63, 3.8) is 0 Å². The van der Waals surface area contributed by atoms with E-state index in [0.29, 0.717) is 0 Å². The number of aromatic nitrogens is 30. The van der Waals surface area contributed by atoms with Crippen molar-refractivity contribution in [2.24, 2.45) is 0 Å². The molecule has 30 nitrogen and oxygen atoms in total. The average molecular weight is 2150 g/mol. The molecule has 33 heteroatoms. The van der Waals surface area contributed by atoms with Gasteiger partial charge in [0.2, 0.25) is 0 Å². The normalized spacial score (nSPS) is 12.3. The van der Waals surface area contributed by atoms with Crippen LogP contribution < -0.4 is 0 Å². The minimum atomic E-state index is -0.00748. The average Bonchev–Trinajstić information content (AvgIpc) is 1.69. The SMILES string of the molecule is CC(C)(C)c1cc(-n2cc(C(C)(C)C)cn2)nc(-n2cc(C(C)(C)C)cn2)c1.CC(C)(C)c1cc(-n2cc(C(C)(C)C)cn2)nc(-n2cc(C(C)(C)C)cn2)c1.CC(C)(C)c1cc(-n2cc(C(C)(C)C)cn2)nc(-n2cc(C(C)(C)C)cn2)c1.CC(C)(C)c1cc(-n2cc(C(C)(C)C)cn2)nc(-n2cc(C(C)(C)C)cn2)c1.Cc1cc(-n2cccn2)nc(-n2cccn2)c1.Cc1cc(-n2cccn2)nc(-n2cccn2)c1.[Co+2].[Co+3].[Co+3]. The molecule has 18 heterocycles. The monoisotopic (exact) mass is 2140 g/mol. The molecule has 18 aromatic rings. The van der Waals surface area contributed by atoms with Crippen molar-refractivity contribution in [2.75, 3.05) is 0 Å². The third-order valence-electron chi connectivity index (χ3n) is 25.0. The zero-order valence-electron chi connectivity index (χ0n) is 94.5. The van der Waals surface area contributed by atoms with Gasteiger partial charge in [0.25, 0.3) is 0 Å². The third kappa shape index (κ3) is 30.6. The van der Waals surface area contributed by atoms with Crippen LogP contribution in [0.2, 0.25) is 0 Å². The Kier molecular flexibility index (Phi) is 35.9. The molecule has 0 atom stereocenters. The van der Waals surface area contributed by atoms with Crippen molar-refractivity contribution >= 4 is 0 Å². The number of rotatable bonds is 12. The van der Waals surface area contributed by atoms with E-state index in [-0.39, 0.29) is 115 Å². The van der Waals surface area contributed by atoms with Gasteiger partial charge >= 0.3 is 50.3 Å². The van der Waals surface area contributed by atoms with E-state index in [1.807, 2.05) is 174 Å². The van der Waals surface area contributed by atoms with Crippen molar-refractivity contribution in [3.8, 4) is 69.8 Å². The van der Waals surface area contributed by atoms with Crippen LogP contribution >= 0.6 is 0 Å². The second-order valence-electron chi connectivity index (χ2n) is 50.2.